The number of rotatable bonds is 15. The number of fused-ring (bicyclic) bond motifs is 2. The van der Waals surface area contributed by atoms with Crippen LogP contribution in [0.15, 0.2) is 125 Å². The maximum absolute atomic E-state index is 14.0. The number of benzene rings is 6. The van der Waals surface area contributed by atoms with Gasteiger partial charge in [0.05, 0.1) is 25.0 Å². The van der Waals surface area contributed by atoms with Crippen molar-refractivity contribution in [1.29, 1.82) is 0 Å². The Kier molecular flexibility index (Phi) is 12.5. The molecule has 0 aromatic heterocycles. The van der Waals surface area contributed by atoms with Crippen LogP contribution in [0.1, 0.15) is 64.8 Å². The van der Waals surface area contributed by atoms with Crippen LogP contribution in [-0.4, -0.2) is 43.2 Å². The number of hydrogen-bond acceptors (Lipinski definition) is 9. The van der Waals surface area contributed by atoms with Crippen molar-refractivity contribution in [3.05, 3.63) is 132 Å². The van der Waals surface area contributed by atoms with Crippen molar-refractivity contribution in [3.8, 4) is 11.5 Å². The summed E-state index contributed by atoms with van der Waals surface area (Å²) in [6.45, 7) is 1.59. The molecule has 0 unspecified atom stereocenters. The van der Waals surface area contributed by atoms with E-state index in [0.29, 0.717) is 46.0 Å². The van der Waals surface area contributed by atoms with Gasteiger partial charge in [-0.2, -0.15) is 0 Å². The van der Waals surface area contributed by atoms with E-state index in [0.717, 1.165) is 35.0 Å². The molecule has 1 aliphatic carbocycles. The fraction of sp³-hybridized carbons (Fsp3) is 0.244. The lowest BCUT2D eigenvalue weighted by molar-refractivity contribution is 0.0952. The zero-order valence-electron chi connectivity index (χ0n) is 31.4. The quantitative estimate of drug-likeness (QED) is 0.0399. The van der Waals surface area contributed by atoms with Gasteiger partial charge in [0.15, 0.2) is 5.75 Å². The van der Waals surface area contributed by atoms with Crippen molar-refractivity contribution in [2.75, 3.05) is 31.0 Å². The number of aromatic hydroxyl groups is 1. The maximum Gasteiger partial charge on any atom is 0.259 e. The van der Waals surface area contributed by atoms with Gasteiger partial charge >= 0.3 is 0 Å². The van der Waals surface area contributed by atoms with E-state index in [1.165, 1.54) is 39.2 Å². The third-order valence-corrected chi connectivity index (χ3v) is 10.0. The number of para-hydroxylation sites is 1. The monoisotopic (exact) mass is 750 g/mol. The van der Waals surface area contributed by atoms with Crippen LogP contribution in [0.2, 0.25) is 0 Å². The molecule has 1 aliphatic rings. The molecular formula is C45H46N6O5. The Balaban J connectivity index is 1.16. The maximum atomic E-state index is 14.0. The minimum Gasteiger partial charge on any atom is -0.505 e. The van der Waals surface area contributed by atoms with E-state index in [1.807, 2.05) is 78.9 Å². The lowest BCUT2D eigenvalue weighted by Crippen LogP contribution is -2.34. The molecule has 0 saturated heterocycles. The zero-order chi connectivity index (χ0) is 38.7. The third kappa shape index (κ3) is 9.31. The number of hydrogen-bond donors (Lipinski definition) is 5. The molecule has 0 atom stereocenters. The molecule has 7 rings (SSSR count). The second-order valence-electron chi connectivity index (χ2n) is 13.9. The second kappa shape index (κ2) is 18.4. The summed E-state index contributed by atoms with van der Waals surface area (Å²) in [6.07, 6.45) is 7.09. The number of phenolic OH excluding ortho intramolecular Hbond substituents is 1. The van der Waals surface area contributed by atoms with E-state index in [1.54, 1.807) is 36.4 Å². The van der Waals surface area contributed by atoms with E-state index in [-0.39, 0.29) is 29.5 Å². The summed E-state index contributed by atoms with van der Waals surface area (Å²) in [4.78, 5) is 33.0. The molecule has 11 heteroatoms. The van der Waals surface area contributed by atoms with E-state index >= 15 is 0 Å². The van der Waals surface area contributed by atoms with Crippen LogP contribution >= 0.6 is 0 Å². The highest BCUT2D eigenvalue weighted by atomic mass is 16.6. The van der Waals surface area contributed by atoms with Crippen molar-refractivity contribution < 1.29 is 24.3 Å². The number of ether oxygens (including phenoxy) is 1. The van der Waals surface area contributed by atoms with Crippen LogP contribution in [0.25, 0.3) is 21.5 Å². The van der Waals surface area contributed by atoms with Gasteiger partial charge in [-0.25, -0.2) is 0 Å². The van der Waals surface area contributed by atoms with Crippen LogP contribution in [-0.2, 0) is 11.4 Å². The van der Waals surface area contributed by atoms with E-state index < -0.39 is 5.91 Å². The van der Waals surface area contributed by atoms with E-state index in [9.17, 15) is 14.7 Å². The molecule has 2 amide bonds. The van der Waals surface area contributed by atoms with Gasteiger partial charge in [0.1, 0.15) is 17.1 Å². The number of carbonyl (C=O) groups excluding carboxylic acids is 2. The van der Waals surface area contributed by atoms with Gasteiger partial charge in [0.2, 0.25) is 0 Å². The Hall–Kier alpha value is -6.30. The molecule has 11 nitrogen and oxygen atoms in total. The van der Waals surface area contributed by atoms with Gasteiger partial charge in [0.25, 0.3) is 11.8 Å². The Bertz CT molecular complexity index is 2340. The van der Waals surface area contributed by atoms with Crippen LogP contribution < -0.4 is 26.2 Å². The van der Waals surface area contributed by atoms with Gasteiger partial charge in [-0.15, -0.1) is 10.2 Å². The van der Waals surface area contributed by atoms with Crippen LogP contribution in [0.5, 0.6) is 11.5 Å². The van der Waals surface area contributed by atoms with Gasteiger partial charge in [-0.3, -0.25) is 19.9 Å². The fourth-order valence-electron chi connectivity index (χ4n) is 7.04. The molecule has 1 fully saturated rings. The predicted octanol–water partition coefficient (Wildman–Crippen LogP) is 9.96. The minimum absolute atomic E-state index is 0.0215. The van der Waals surface area contributed by atoms with Crippen molar-refractivity contribution in [3.63, 3.8) is 0 Å². The number of methoxy groups -OCH3 is 1. The van der Waals surface area contributed by atoms with Gasteiger partial charge in [-0.05, 0) is 90.7 Å². The van der Waals surface area contributed by atoms with Crippen molar-refractivity contribution in [2.24, 2.45) is 10.2 Å². The van der Waals surface area contributed by atoms with Gasteiger partial charge < -0.3 is 25.8 Å². The standard InChI is InChI=1S/C45H46N6O5/c1-55-41-23-20-30(29-56-51-35-16-6-3-7-17-35)26-40(41)49-50-42-37-22-21-32(44(53)47-25-11-24-46-34-14-4-2-5-15-34)27-33(37)28-38(43(42)52)45(54)48-39-19-10-13-31-12-8-9-18-36(31)39/h3,6-10,12-13,16-23,26-28,34,46,51-52H,2,4-5,11,14-15,24-25,29H2,1H3,(H,47,53)(H,48,54). The number of azo groups is 1. The number of nitrogens with zero attached hydrogens (tertiary/aromatic N) is 2. The summed E-state index contributed by atoms with van der Waals surface area (Å²) in [5, 5.41) is 33.2. The minimum atomic E-state index is -0.542. The van der Waals surface area contributed by atoms with E-state index in [2.05, 4.69) is 31.7 Å². The first-order valence-electron chi connectivity index (χ1n) is 19.1. The van der Waals surface area contributed by atoms with Gasteiger partial charge in [0, 0.05) is 34.6 Å². The summed E-state index contributed by atoms with van der Waals surface area (Å²) in [5.41, 5.74) is 5.98. The third-order valence-electron chi connectivity index (χ3n) is 10.0. The molecule has 1 saturated carbocycles. The topological polar surface area (TPSA) is 146 Å². The summed E-state index contributed by atoms with van der Waals surface area (Å²) < 4.78 is 5.58. The van der Waals surface area contributed by atoms with Crippen molar-refractivity contribution in [1.82, 2.24) is 10.6 Å². The average molecular weight is 751 g/mol. The lowest BCUT2D eigenvalue weighted by atomic mass is 9.95. The number of amides is 2. The van der Waals surface area contributed by atoms with Crippen LogP contribution in [0.4, 0.5) is 22.7 Å². The number of nitrogens with one attached hydrogen (secondary N) is 4. The highest BCUT2D eigenvalue weighted by Crippen LogP contribution is 2.41. The Morgan fingerprint density at radius 3 is 2.41 bits per heavy atom. The zero-order valence-corrected chi connectivity index (χ0v) is 31.4. The highest BCUT2D eigenvalue weighted by molar-refractivity contribution is 6.14. The first-order valence-corrected chi connectivity index (χ1v) is 19.1. The van der Waals surface area contributed by atoms with Crippen LogP contribution in [0.3, 0.4) is 0 Å². The van der Waals surface area contributed by atoms with Gasteiger partial charge in [-0.1, -0.05) is 86.0 Å². The smallest absolute Gasteiger partial charge is 0.259 e. The second-order valence-corrected chi connectivity index (χ2v) is 13.9. The number of phenols is 1. The first-order chi connectivity index (χ1) is 27.5. The van der Waals surface area contributed by atoms with E-state index in [4.69, 9.17) is 9.57 Å². The largest absolute Gasteiger partial charge is 0.505 e. The molecule has 0 heterocycles. The molecule has 0 radical (unpaired) electrons. The molecule has 6 aromatic rings. The molecule has 56 heavy (non-hydrogen) atoms. The summed E-state index contributed by atoms with van der Waals surface area (Å²) >= 11 is 0. The fourth-order valence-corrected chi connectivity index (χ4v) is 7.04. The molecular weight excluding hydrogens is 705 g/mol. The predicted molar refractivity (Wildman–Crippen MR) is 221 cm³/mol. The average Bonchev–Trinajstić information content (AvgIpc) is 3.23. The Morgan fingerprint density at radius 1 is 0.768 bits per heavy atom. The Labute approximate surface area is 326 Å². The normalized spacial score (nSPS) is 13.2. The SMILES string of the molecule is COc1ccc(CONc2ccccc2)cc1N=Nc1c(O)c(C(=O)Nc2cccc3ccccc23)cc2cc(C(=O)NCCCNC3CCCCC3)ccc12. The number of carbonyl (C=O) groups is 2. The molecule has 0 spiro atoms. The molecule has 0 bridgehead atoms. The number of anilines is 2. The van der Waals surface area contributed by atoms with Crippen molar-refractivity contribution >= 4 is 56.1 Å². The van der Waals surface area contributed by atoms with Crippen molar-refractivity contribution in [2.45, 2.75) is 51.2 Å². The first kappa shape index (κ1) is 38.0. The summed E-state index contributed by atoms with van der Waals surface area (Å²) in [6, 6.07) is 35.5. The molecule has 5 N–H and O–H groups in total. The Morgan fingerprint density at radius 2 is 1.57 bits per heavy atom. The molecule has 6 aromatic carbocycles. The molecule has 286 valence electrons. The lowest BCUT2D eigenvalue weighted by Gasteiger charge is -2.22. The highest BCUT2D eigenvalue weighted by Gasteiger charge is 2.21. The molecule has 0 aliphatic heterocycles. The summed E-state index contributed by atoms with van der Waals surface area (Å²) in [5.74, 6) is -0.671. The summed E-state index contributed by atoms with van der Waals surface area (Å²) in [7, 11) is 1.53. The van der Waals surface area contributed by atoms with Crippen LogP contribution in [0, 0.1) is 0 Å².